The van der Waals surface area contributed by atoms with Crippen molar-refractivity contribution in [3.63, 3.8) is 0 Å². The predicted molar refractivity (Wildman–Crippen MR) is 241 cm³/mol. The average molecular weight is 740 g/mol. The van der Waals surface area contributed by atoms with E-state index in [1.165, 1.54) is 33.4 Å². The van der Waals surface area contributed by atoms with Crippen LogP contribution in [0.25, 0.3) is 66.1 Å². The van der Waals surface area contributed by atoms with E-state index in [1.807, 2.05) is 24.3 Å². The van der Waals surface area contributed by atoms with Gasteiger partial charge in [-0.3, -0.25) is 0 Å². The fourth-order valence-corrected chi connectivity index (χ4v) is 10.5. The first kappa shape index (κ1) is 29.6. The molecule has 0 amide bonds. The van der Waals surface area contributed by atoms with Crippen molar-refractivity contribution in [1.29, 1.82) is 0 Å². The number of anilines is 3. The molecule has 0 unspecified atom stereocenters. The monoisotopic (exact) mass is 739 g/mol. The maximum absolute atomic E-state index is 8.53. The number of benzene rings is 9. The summed E-state index contributed by atoms with van der Waals surface area (Å²) in [6.45, 7) is 0. The zero-order valence-electron chi connectivity index (χ0n) is 33.4. The lowest BCUT2D eigenvalue weighted by Gasteiger charge is -2.45. The number of aromatic nitrogens is 2. The molecule has 11 aromatic rings. The summed E-state index contributed by atoms with van der Waals surface area (Å²) >= 11 is 0. The smallest absolute Gasteiger partial charge is 0.0755 e. The van der Waals surface area contributed by atoms with E-state index in [9.17, 15) is 0 Å². The van der Waals surface area contributed by atoms with Crippen molar-refractivity contribution in [3.05, 3.63) is 235 Å². The molecule has 3 heterocycles. The SMILES string of the molecule is [2H]c1ccc2c(c1)c1ccccc1n2-c1ccc2c(c1)C1(c3cc(-n4c5ccccc5c5cc([2H])ccc54)ccc3-2)c2ccccc2N(c2ccccc2)c2ccccc21. The van der Waals surface area contributed by atoms with Crippen molar-refractivity contribution in [3.8, 4) is 22.5 Å². The Morgan fingerprint density at radius 1 is 0.328 bits per heavy atom. The Kier molecular flexibility index (Phi) is 5.98. The Morgan fingerprint density at radius 2 is 0.741 bits per heavy atom. The molecule has 58 heavy (non-hydrogen) atoms. The largest absolute Gasteiger partial charge is 0.310 e. The molecule has 270 valence electrons. The lowest BCUT2D eigenvalue weighted by molar-refractivity contribution is 0.751. The first-order chi connectivity index (χ1) is 29.6. The Balaban J connectivity index is 1.16. The summed E-state index contributed by atoms with van der Waals surface area (Å²) in [4.78, 5) is 2.43. The third kappa shape index (κ3) is 4.02. The average Bonchev–Trinajstić information content (AvgIpc) is 3.90. The van der Waals surface area contributed by atoms with Crippen LogP contribution in [0.2, 0.25) is 0 Å². The lowest BCUT2D eigenvalue weighted by atomic mass is 9.64. The molecule has 0 saturated heterocycles. The second-order valence-corrected chi connectivity index (χ2v) is 15.5. The van der Waals surface area contributed by atoms with Crippen molar-refractivity contribution < 1.29 is 2.74 Å². The molecular weight excluding hydrogens is 703 g/mol. The van der Waals surface area contributed by atoms with E-state index in [0.717, 1.165) is 72.0 Å². The van der Waals surface area contributed by atoms with Gasteiger partial charge in [-0.2, -0.15) is 0 Å². The second kappa shape index (κ2) is 11.7. The van der Waals surface area contributed by atoms with E-state index >= 15 is 0 Å². The Morgan fingerprint density at radius 3 is 1.26 bits per heavy atom. The van der Waals surface area contributed by atoms with Crippen LogP contribution in [0.3, 0.4) is 0 Å². The van der Waals surface area contributed by atoms with Gasteiger partial charge in [0.25, 0.3) is 0 Å². The molecule has 3 nitrogen and oxygen atoms in total. The second-order valence-electron chi connectivity index (χ2n) is 15.5. The number of fused-ring (bicyclic) bond motifs is 15. The van der Waals surface area contributed by atoms with Gasteiger partial charge in [-0.05, 0) is 106 Å². The highest BCUT2D eigenvalue weighted by Gasteiger charge is 2.52. The zero-order valence-corrected chi connectivity index (χ0v) is 31.4. The number of rotatable bonds is 3. The number of hydrogen-bond donors (Lipinski definition) is 0. The van der Waals surface area contributed by atoms with Gasteiger partial charge in [0, 0.05) is 38.6 Å². The maximum atomic E-state index is 8.53. The molecule has 0 radical (unpaired) electrons. The fraction of sp³-hybridized carbons (Fsp3) is 0.0182. The van der Waals surface area contributed by atoms with E-state index in [2.05, 4.69) is 190 Å². The van der Waals surface area contributed by atoms with Crippen LogP contribution in [0.4, 0.5) is 17.1 Å². The summed E-state index contributed by atoms with van der Waals surface area (Å²) in [5, 5.41) is 4.44. The van der Waals surface area contributed by atoms with Gasteiger partial charge >= 0.3 is 0 Å². The Bertz CT molecular complexity index is 3380. The van der Waals surface area contributed by atoms with Crippen LogP contribution in [0.5, 0.6) is 0 Å². The number of para-hydroxylation sites is 7. The molecule has 13 rings (SSSR count). The van der Waals surface area contributed by atoms with Crippen molar-refractivity contribution in [2.45, 2.75) is 5.41 Å². The van der Waals surface area contributed by atoms with Crippen LogP contribution in [-0.2, 0) is 5.41 Å². The topological polar surface area (TPSA) is 13.1 Å². The molecule has 0 fully saturated rings. The quantitative estimate of drug-likeness (QED) is 0.176. The molecule has 0 bridgehead atoms. The summed E-state index contributed by atoms with van der Waals surface area (Å²) in [5.41, 5.74) is 16.7. The summed E-state index contributed by atoms with van der Waals surface area (Å²) in [7, 11) is 0. The molecule has 2 aliphatic rings. The van der Waals surface area contributed by atoms with Crippen LogP contribution < -0.4 is 4.90 Å². The summed E-state index contributed by atoms with van der Waals surface area (Å²) < 4.78 is 21.8. The van der Waals surface area contributed by atoms with Crippen LogP contribution in [-0.4, -0.2) is 9.13 Å². The molecule has 2 aromatic heterocycles. The number of hydrogen-bond acceptors (Lipinski definition) is 1. The minimum absolute atomic E-state index is 0.506. The van der Waals surface area contributed by atoms with E-state index < -0.39 is 5.41 Å². The molecule has 3 heteroatoms. The van der Waals surface area contributed by atoms with Crippen molar-refractivity contribution in [2.24, 2.45) is 0 Å². The van der Waals surface area contributed by atoms with Crippen LogP contribution in [0, 0.1) is 0 Å². The molecule has 1 aliphatic carbocycles. The van der Waals surface area contributed by atoms with Gasteiger partial charge in [0.1, 0.15) is 0 Å². The van der Waals surface area contributed by atoms with Gasteiger partial charge in [0.2, 0.25) is 0 Å². The third-order valence-corrected chi connectivity index (χ3v) is 12.8. The minimum Gasteiger partial charge on any atom is -0.310 e. The Labute approximate surface area is 338 Å². The molecule has 0 atom stereocenters. The lowest BCUT2D eigenvalue weighted by Crippen LogP contribution is -2.36. The first-order valence-corrected chi connectivity index (χ1v) is 19.9. The first-order valence-electron chi connectivity index (χ1n) is 20.9. The van der Waals surface area contributed by atoms with Crippen LogP contribution >= 0.6 is 0 Å². The standard InChI is InChI=1S/C55H35N3/c1-2-16-36(17-3-1)56-53-28-14-8-22-45(53)55(46-23-9-15-29-54(46)56)47-34-37(57-49-24-10-4-18-41(49)42-19-5-11-25-50(42)57)30-32-39(47)40-33-31-38(35-48(40)55)58-51-26-12-6-20-43(51)44-21-7-13-27-52(44)58/h1-35H/i4D,6D. The maximum Gasteiger partial charge on any atom is 0.0755 e. The van der Waals surface area contributed by atoms with Gasteiger partial charge < -0.3 is 14.0 Å². The minimum atomic E-state index is -0.685. The van der Waals surface area contributed by atoms with Crippen LogP contribution in [0.15, 0.2) is 212 Å². The van der Waals surface area contributed by atoms with Gasteiger partial charge in [-0.15, -0.1) is 0 Å². The van der Waals surface area contributed by atoms with Gasteiger partial charge in [-0.1, -0.05) is 139 Å². The van der Waals surface area contributed by atoms with Crippen molar-refractivity contribution in [2.75, 3.05) is 4.90 Å². The molecule has 0 saturated carbocycles. The highest BCUT2D eigenvalue weighted by molar-refractivity contribution is 6.10. The summed E-state index contributed by atoms with van der Waals surface area (Å²) in [5.74, 6) is 0. The highest BCUT2D eigenvalue weighted by Crippen LogP contribution is 2.64. The molecular formula is C55H35N3. The normalized spacial score (nSPS) is 14.1. The summed E-state index contributed by atoms with van der Waals surface area (Å²) in [6, 6.07) is 72.9. The van der Waals surface area contributed by atoms with Crippen LogP contribution in [0.1, 0.15) is 25.0 Å². The van der Waals surface area contributed by atoms with Gasteiger partial charge in [0.15, 0.2) is 0 Å². The summed E-state index contributed by atoms with van der Waals surface area (Å²) in [6.07, 6.45) is 0. The van der Waals surface area contributed by atoms with E-state index in [4.69, 9.17) is 2.74 Å². The zero-order chi connectivity index (χ0) is 39.7. The Hall–Kier alpha value is -7.62. The molecule has 1 aliphatic heterocycles. The molecule has 0 N–H and O–H groups in total. The van der Waals surface area contributed by atoms with E-state index in [-0.39, 0.29) is 0 Å². The van der Waals surface area contributed by atoms with Crippen molar-refractivity contribution >= 4 is 60.7 Å². The van der Waals surface area contributed by atoms with E-state index in [0.29, 0.717) is 12.1 Å². The van der Waals surface area contributed by atoms with Crippen molar-refractivity contribution in [1.82, 2.24) is 9.13 Å². The fourth-order valence-electron chi connectivity index (χ4n) is 10.5. The van der Waals surface area contributed by atoms with Gasteiger partial charge in [0.05, 0.1) is 41.6 Å². The third-order valence-electron chi connectivity index (χ3n) is 12.8. The van der Waals surface area contributed by atoms with Gasteiger partial charge in [-0.25, -0.2) is 0 Å². The number of nitrogens with zero attached hydrogens (tertiary/aromatic N) is 3. The highest BCUT2D eigenvalue weighted by atomic mass is 15.2. The molecule has 9 aromatic carbocycles. The molecule has 1 spiro atoms. The predicted octanol–water partition coefficient (Wildman–Crippen LogP) is 14.0. The van der Waals surface area contributed by atoms with E-state index in [1.54, 1.807) is 0 Å².